The molecule has 0 aliphatic heterocycles. The van der Waals surface area contributed by atoms with Crippen molar-refractivity contribution in [1.82, 2.24) is 10.6 Å². The Hall–Kier alpha value is -2.36. The number of benzene rings is 1. The van der Waals surface area contributed by atoms with Crippen LogP contribution in [-0.2, 0) is 4.79 Å². The van der Waals surface area contributed by atoms with Gasteiger partial charge in [0.1, 0.15) is 0 Å². The molecule has 0 unspecified atom stereocenters. The lowest BCUT2D eigenvalue weighted by molar-refractivity contribution is -0.117. The highest BCUT2D eigenvalue weighted by Gasteiger charge is 2.04. The van der Waals surface area contributed by atoms with Gasteiger partial charge in [-0.15, -0.1) is 0 Å². The molecule has 1 radical (unpaired) electrons. The van der Waals surface area contributed by atoms with Gasteiger partial charge in [-0.05, 0) is 51.3 Å². The third-order valence-electron chi connectivity index (χ3n) is 3.37. The second-order valence-corrected chi connectivity index (χ2v) is 5.23. The molecule has 0 bridgehead atoms. The predicted molar refractivity (Wildman–Crippen MR) is 94.8 cm³/mol. The number of hydrogen-bond donors (Lipinski definition) is 2. The molecule has 23 heavy (non-hydrogen) atoms. The molecule has 2 amide bonds. The van der Waals surface area contributed by atoms with Gasteiger partial charge in [0, 0.05) is 24.2 Å². The highest BCUT2D eigenvalue weighted by Crippen LogP contribution is 2.06. The van der Waals surface area contributed by atoms with Crippen LogP contribution < -0.4 is 10.6 Å². The maximum absolute atomic E-state index is 12.0. The molecule has 0 aliphatic rings. The minimum absolute atomic E-state index is 0.0723. The first-order valence-electron chi connectivity index (χ1n) is 7.83. The SMILES string of the molecule is [CH2]/C=C(\C)C(=O)NCCCCNC(=O)c1ccc(/C=C/C)cc1. The van der Waals surface area contributed by atoms with Crippen LogP contribution in [-0.4, -0.2) is 24.9 Å². The van der Waals surface area contributed by atoms with Crippen LogP contribution in [0, 0.1) is 6.92 Å². The molecule has 0 aliphatic carbocycles. The van der Waals surface area contributed by atoms with E-state index in [4.69, 9.17) is 0 Å². The summed E-state index contributed by atoms with van der Waals surface area (Å²) in [6.07, 6.45) is 7.12. The molecule has 123 valence electrons. The topological polar surface area (TPSA) is 58.2 Å². The Balaban J connectivity index is 2.23. The van der Waals surface area contributed by atoms with Gasteiger partial charge >= 0.3 is 0 Å². The van der Waals surface area contributed by atoms with E-state index in [0.29, 0.717) is 24.2 Å². The Morgan fingerprint density at radius 2 is 1.70 bits per heavy atom. The number of carbonyl (C=O) groups excluding carboxylic acids is 2. The van der Waals surface area contributed by atoms with Gasteiger partial charge in [0.05, 0.1) is 0 Å². The van der Waals surface area contributed by atoms with Gasteiger partial charge in [0.25, 0.3) is 5.91 Å². The molecule has 2 N–H and O–H groups in total. The largest absolute Gasteiger partial charge is 0.352 e. The lowest BCUT2D eigenvalue weighted by atomic mass is 10.1. The van der Waals surface area contributed by atoms with E-state index in [-0.39, 0.29) is 11.8 Å². The van der Waals surface area contributed by atoms with Crippen molar-refractivity contribution >= 4 is 17.9 Å². The Labute approximate surface area is 138 Å². The number of rotatable bonds is 8. The van der Waals surface area contributed by atoms with Crippen LogP contribution in [0.5, 0.6) is 0 Å². The number of hydrogen-bond acceptors (Lipinski definition) is 2. The van der Waals surface area contributed by atoms with E-state index in [1.165, 1.54) is 6.08 Å². The molecule has 0 saturated carbocycles. The van der Waals surface area contributed by atoms with Crippen LogP contribution in [0.25, 0.3) is 6.08 Å². The van der Waals surface area contributed by atoms with E-state index < -0.39 is 0 Å². The van der Waals surface area contributed by atoms with Crippen molar-refractivity contribution in [2.75, 3.05) is 13.1 Å². The van der Waals surface area contributed by atoms with Gasteiger partial charge in [0.2, 0.25) is 5.91 Å². The fourth-order valence-electron chi connectivity index (χ4n) is 1.93. The van der Waals surface area contributed by atoms with Crippen LogP contribution in [0.15, 0.2) is 42.0 Å². The number of allylic oxidation sites excluding steroid dienone is 2. The summed E-state index contributed by atoms with van der Waals surface area (Å²) in [5.41, 5.74) is 2.34. The smallest absolute Gasteiger partial charge is 0.251 e. The molecular formula is C19H25N2O2. The zero-order chi connectivity index (χ0) is 17.1. The number of nitrogens with one attached hydrogen (secondary N) is 2. The van der Waals surface area contributed by atoms with Gasteiger partial charge < -0.3 is 10.6 Å². The van der Waals surface area contributed by atoms with Crippen LogP contribution >= 0.6 is 0 Å². The van der Waals surface area contributed by atoms with Crippen molar-refractivity contribution in [1.29, 1.82) is 0 Å². The molecule has 0 fully saturated rings. The standard InChI is InChI=1S/C19H25N2O2/c1-4-8-16-9-11-17(12-10-16)19(23)21-14-7-6-13-20-18(22)15(3)5-2/h4-5,8-12H,2,6-7,13-14H2,1,3H3,(H,20,22)(H,21,23)/b8-4+,15-5+. The van der Waals surface area contributed by atoms with Gasteiger partial charge in [-0.25, -0.2) is 0 Å². The van der Waals surface area contributed by atoms with Gasteiger partial charge in [0.15, 0.2) is 0 Å². The van der Waals surface area contributed by atoms with Crippen molar-refractivity contribution in [3.8, 4) is 0 Å². The summed E-state index contributed by atoms with van der Waals surface area (Å²) in [6.45, 7) is 8.43. The van der Waals surface area contributed by atoms with Crippen molar-refractivity contribution in [3.05, 3.63) is 60.0 Å². The molecule has 1 aromatic rings. The summed E-state index contributed by atoms with van der Waals surface area (Å²) >= 11 is 0. The van der Waals surface area contributed by atoms with E-state index in [0.717, 1.165) is 18.4 Å². The van der Waals surface area contributed by atoms with E-state index in [1.54, 1.807) is 6.92 Å². The monoisotopic (exact) mass is 313 g/mol. The normalized spacial score (nSPS) is 11.5. The van der Waals surface area contributed by atoms with E-state index in [2.05, 4.69) is 17.6 Å². The summed E-state index contributed by atoms with van der Waals surface area (Å²) < 4.78 is 0. The van der Waals surface area contributed by atoms with Crippen molar-refractivity contribution in [2.45, 2.75) is 26.7 Å². The zero-order valence-electron chi connectivity index (χ0n) is 13.9. The molecule has 0 atom stereocenters. The van der Waals surface area contributed by atoms with Gasteiger partial charge in [-0.1, -0.05) is 30.4 Å². The average Bonchev–Trinajstić information content (AvgIpc) is 2.57. The third-order valence-corrected chi connectivity index (χ3v) is 3.37. The summed E-state index contributed by atoms with van der Waals surface area (Å²) in [6, 6.07) is 7.48. The second kappa shape index (κ2) is 10.4. The molecule has 4 nitrogen and oxygen atoms in total. The minimum Gasteiger partial charge on any atom is -0.352 e. The molecule has 0 aromatic heterocycles. The maximum atomic E-state index is 12.0. The average molecular weight is 313 g/mol. The number of unbranched alkanes of at least 4 members (excludes halogenated alkanes) is 1. The molecule has 0 heterocycles. The summed E-state index contributed by atoms with van der Waals surface area (Å²) in [4.78, 5) is 23.4. The number of carbonyl (C=O) groups is 2. The number of amides is 2. The lowest BCUT2D eigenvalue weighted by Crippen LogP contribution is -2.27. The summed E-state index contributed by atoms with van der Waals surface area (Å²) in [5, 5.41) is 5.69. The zero-order valence-corrected chi connectivity index (χ0v) is 13.9. The highest BCUT2D eigenvalue weighted by molar-refractivity contribution is 5.94. The Morgan fingerprint density at radius 3 is 2.26 bits per heavy atom. The first-order valence-corrected chi connectivity index (χ1v) is 7.83. The maximum Gasteiger partial charge on any atom is 0.251 e. The minimum atomic E-state index is -0.0924. The van der Waals surface area contributed by atoms with E-state index in [9.17, 15) is 9.59 Å². The molecule has 1 rings (SSSR count). The lowest BCUT2D eigenvalue weighted by Gasteiger charge is -2.07. The molecule has 0 spiro atoms. The Bertz CT molecular complexity index is 572. The summed E-state index contributed by atoms with van der Waals surface area (Å²) in [7, 11) is 0. The third kappa shape index (κ3) is 6.96. The van der Waals surface area contributed by atoms with Gasteiger partial charge in [-0.2, -0.15) is 0 Å². The van der Waals surface area contributed by atoms with Crippen LogP contribution in [0.2, 0.25) is 0 Å². The molecular weight excluding hydrogens is 288 g/mol. The molecule has 1 aromatic carbocycles. The van der Waals surface area contributed by atoms with Gasteiger partial charge in [-0.3, -0.25) is 9.59 Å². The first-order chi connectivity index (χ1) is 11.1. The van der Waals surface area contributed by atoms with E-state index >= 15 is 0 Å². The molecule has 0 saturated heterocycles. The van der Waals surface area contributed by atoms with Crippen molar-refractivity contribution in [2.24, 2.45) is 0 Å². The Morgan fingerprint density at radius 1 is 1.09 bits per heavy atom. The fraction of sp³-hybridized carbons (Fsp3) is 0.316. The second-order valence-electron chi connectivity index (χ2n) is 5.23. The van der Waals surface area contributed by atoms with Crippen molar-refractivity contribution < 1.29 is 9.59 Å². The highest BCUT2D eigenvalue weighted by atomic mass is 16.2. The summed E-state index contributed by atoms with van der Waals surface area (Å²) in [5.74, 6) is -0.165. The fourth-order valence-corrected chi connectivity index (χ4v) is 1.93. The first kappa shape index (κ1) is 18.7. The predicted octanol–water partition coefficient (Wildman–Crippen LogP) is 3.13. The molecule has 4 heteroatoms. The Kier molecular flexibility index (Phi) is 8.43. The van der Waals surface area contributed by atoms with Crippen LogP contribution in [0.4, 0.5) is 0 Å². The van der Waals surface area contributed by atoms with E-state index in [1.807, 2.05) is 43.3 Å². The van der Waals surface area contributed by atoms with Crippen LogP contribution in [0.3, 0.4) is 0 Å². The quantitative estimate of drug-likeness (QED) is 0.572. The van der Waals surface area contributed by atoms with Crippen LogP contribution in [0.1, 0.15) is 42.6 Å². The van der Waals surface area contributed by atoms with Crippen molar-refractivity contribution in [3.63, 3.8) is 0 Å².